The number of carbonyl (C=O) groups excluding carboxylic acids is 1. The lowest BCUT2D eigenvalue weighted by Crippen LogP contribution is -2.15. The lowest BCUT2D eigenvalue weighted by molar-refractivity contribution is 0.0734. The number of carbonyl (C=O) groups is 1. The highest BCUT2D eigenvalue weighted by atomic mass is 16.5. The van der Waals surface area contributed by atoms with Gasteiger partial charge in [-0.05, 0) is 79.0 Å². The summed E-state index contributed by atoms with van der Waals surface area (Å²) in [6, 6.07) is 15.2. The van der Waals surface area contributed by atoms with E-state index in [4.69, 9.17) is 9.47 Å². The Morgan fingerprint density at radius 3 is 2.09 bits per heavy atom. The van der Waals surface area contributed by atoms with Gasteiger partial charge in [0, 0.05) is 0 Å². The SMILES string of the molecule is CCC[C@H]1CC[C@H](CCc2ccc(OC(=O)c3ccc(OCC[C@@H](C)CC)cc3)cc2)CC1. The zero-order valence-electron chi connectivity index (χ0n) is 20.9. The maximum Gasteiger partial charge on any atom is 0.343 e. The predicted molar refractivity (Wildman–Crippen MR) is 136 cm³/mol. The fourth-order valence-corrected chi connectivity index (χ4v) is 4.75. The molecule has 1 saturated carbocycles. The van der Waals surface area contributed by atoms with Crippen LogP contribution in [0.4, 0.5) is 0 Å². The Hall–Kier alpha value is -2.29. The third-order valence-corrected chi connectivity index (χ3v) is 7.30. The number of benzene rings is 2. The summed E-state index contributed by atoms with van der Waals surface area (Å²) in [5, 5.41) is 0. The van der Waals surface area contributed by atoms with Gasteiger partial charge in [0.25, 0.3) is 0 Å². The fraction of sp³-hybridized carbons (Fsp3) is 0.567. The molecule has 0 aromatic heterocycles. The van der Waals surface area contributed by atoms with Crippen LogP contribution in [0.15, 0.2) is 48.5 Å². The molecule has 1 aliphatic carbocycles. The average molecular weight is 451 g/mol. The van der Waals surface area contributed by atoms with Gasteiger partial charge in [-0.2, -0.15) is 0 Å². The van der Waals surface area contributed by atoms with Crippen molar-refractivity contribution < 1.29 is 14.3 Å². The van der Waals surface area contributed by atoms with Crippen molar-refractivity contribution in [2.45, 2.75) is 85.0 Å². The third kappa shape index (κ3) is 8.53. The van der Waals surface area contributed by atoms with Crippen LogP contribution < -0.4 is 9.47 Å². The van der Waals surface area contributed by atoms with E-state index in [9.17, 15) is 4.79 Å². The largest absolute Gasteiger partial charge is 0.494 e. The van der Waals surface area contributed by atoms with Crippen LogP contribution in [0.25, 0.3) is 0 Å². The number of hydrogen-bond acceptors (Lipinski definition) is 3. The molecule has 0 unspecified atom stereocenters. The quantitative estimate of drug-likeness (QED) is 0.241. The molecule has 0 radical (unpaired) electrons. The second kappa shape index (κ2) is 13.4. The molecule has 1 atom stereocenters. The summed E-state index contributed by atoms with van der Waals surface area (Å²) in [5.74, 6) is 3.56. The van der Waals surface area contributed by atoms with E-state index in [1.807, 2.05) is 24.3 Å². The van der Waals surface area contributed by atoms with E-state index >= 15 is 0 Å². The number of ether oxygens (including phenoxy) is 2. The maximum absolute atomic E-state index is 12.5. The Bertz CT molecular complexity index is 817. The first-order valence-electron chi connectivity index (χ1n) is 13.1. The van der Waals surface area contributed by atoms with E-state index in [0.29, 0.717) is 23.8 Å². The van der Waals surface area contributed by atoms with Gasteiger partial charge in [0.05, 0.1) is 12.2 Å². The van der Waals surface area contributed by atoms with E-state index in [1.54, 1.807) is 12.1 Å². The molecule has 3 nitrogen and oxygen atoms in total. The molecule has 2 aromatic carbocycles. The van der Waals surface area contributed by atoms with Crippen LogP contribution in [0.1, 0.15) is 94.5 Å². The van der Waals surface area contributed by atoms with Crippen molar-refractivity contribution >= 4 is 5.97 Å². The highest BCUT2D eigenvalue weighted by molar-refractivity contribution is 5.91. The summed E-state index contributed by atoms with van der Waals surface area (Å²) in [6.07, 6.45) is 12.9. The zero-order chi connectivity index (χ0) is 23.5. The van der Waals surface area contributed by atoms with Gasteiger partial charge in [-0.3, -0.25) is 0 Å². The first kappa shape index (κ1) is 25.3. The van der Waals surface area contributed by atoms with Crippen molar-refractivity contribution in [2.24, 2.45) is 17.8 Å². The highest BCUT2D eigenvalue weighted by Gasteiger charge is 2.20. The summed E-state index contributed by atoms with van der Waals surface area (Å²) >= 11 is 0. The highest BCUT2D eigenvalue weighted by Crippen LogP contribution is 2.34. The molecule has 1 aliphatic rings. The number of esters is 1. The third-order valence-electron chi connectivity index (χ3n) is 7.30. The molecule has 0 bridgehead atoms. The van der Waals surface area contributed by atoms with Gasteiger partial charge < -0.3 is 9.47 Å². The molecule has 3 heteroatoms. The molecule has 0 heterocycles. The first-order chi connectivity index (χ1) is 16.1. The predicted octanol–water partition coefficient (Wildman–Crippen LogP) is 8.26. The van der Waals surface area contributed by atoms with E-state index in [2.05, 4.69) is 32.9 Å². The van der Waals surface area contributed by atoms with Crippen LogP contribution in [0.3, 0.4) is 0 Å². The van der Waals surface area contributed by atoms with E-state index in [0.717, 1.165) is 36.8 Å². The average Bonchev–Trinajstić information content (AvgIpc) is 2.85. The first-order valence-corrected chi connectivity index (χ1v) is 13.1. The minimum atomic E-state index is -0.335. The van der Waals surface area contributed by atoms with Crippen molar-refractivity contribution in [3.63, 3.8) is 0 Å². The molecule has 2 aromatic rings. The van der Waals surface area contributed by atoms with Gasteiger partial charge in [-0.1, -0.05) is 77.8 Å². The fourth-order valence-electron chi connectivity index (χ4n) is 4.75. The molecular formula is C30H42O3. The molecular weight excluding hydrogens is 408 g/mol. The molecule has 0 amide bonds. The van der Waals surface area contributed by atoms with Crippen molar-refractivity contribution in [3.8, 4) is 11.5 Å². The topological polar surface area (TPSA) is 35.5 Å². The van der Waals surface area contributed by atoms with Crippen LogP contribution in [-0.4, -0.2) is 12.6 Å². The Balaban J connectivity index is 1.40. The second-order valence-corrected chi connectivity index (χ2v) is 9.92. The summed E-state index contributed by atoms with van der Waals surface area (Å²) in [7, 11) is 0. The van der Waals surface area contributed by atoms with Crippen molar-refractivity contribution in [2.75, 3.05) is 6.61 Å². The summed E-state index contributed by atoms with van der Waals surface area (Å²) in [4.78, 5) is 12.5. The molecule has 3 rings (SSSR count). The molecule has 0 saturated heterocycles. The standard InChI is InChI=1S/C30H42O3/c1-4-6-24-7-9-25(10-8-24)11-12-26-13-17-29(18-14-26)33-30(31)27-15-19-28(20-16-27)32-22-21-23(3)5-2/h13-20,23-25H,4-12,21-22H2,1-3H3/t23-,24-,25-/m0/s1. The molecule has 0 N–H and O–H groups in total. The number of rotatable bonds is 12. The van der Waals surface area contributed by atoms with Crippen LogP contribution >= 0.6 is 0 Å². The van der Waals surface area contributed by atoms with Crippen LogP contribution in [0.2, 0.25) is 0 Å². The Kier molecular flexibility index (Phi) is 10.3. The summed E-state index contributed by atoms with van der Waals surface area (Å²) in [6.45, 7) is 7.42. The van der Waals surface area contributed by atoms with Gasteiger partial charge in [0.15, 0.2) is 0 Å². The van der Waals surface area contributed by atoms with Crippen molar-refractivity contribution in [1.29, 1.82) is 0 Å². The van der Waals surface area contributed by atoms with Gasteiger partial charge >= 0.3 is 5.97 Å². The lowest BCUT2D eigenvalue weighted by Gasteiger charge is -2.28. The van der Waals surface area contributed by atoms with E-state index in [1.165, 1.54) is 50.5 Å². The minimum Gasteiger partial charge on any atom is -0.494 e. The number of hydrogen-bond donors (Lipinski definition) is 0. The Morgan fingerprint density at radius 1 is 0.879 bits per heavy atom. The monoisotopic (exact) mass is 450 g/mol. The van der Waals surface area contributed by atoms with E-state index in [-0.39, 0.29) is 5.97 Å². The molecule has 0 aliphatic heterocycles. The Morgan fingerprint density at radius 2 is 1.48 bits per heavy atom. The molecule has 1 fully saturated rings. The van der Waals surface area contributed by atoms with Crippen LogP contribution in [0, 0.1) is 17.8 Å². The van der Waals surface area contributed by atoms with Gasteiger partial charge in [-0.25, -0.2) is 4.79 Å². The van der Waals surface area contributed by atoms with E-state index < -0.39 is 0 Å². The number of aryl methyl sites for hydroxylation is 1. The second-order valence-electron chi connectivity index (χ2n) is 9.92. The zero-order valence-corrected chi connectivity index (χ0v) is 20.9. The maximum atomic E-state index is 12.5. The summed E-state index contributed by atoms with van der Waals surface area (Å²) in [5.41, 5.74) is 1.86. The Labute approximate surface area is 200 Å². The molecule has 180 valence electrons. The summed E-state index contributed by atoms with van der Waals surface area (Å²) < 4.78 is 11.3. The lowest BCUT2D eigenvalue weighted by atomic mass is 9.78. The van der Waals surface area contributed by atoms with Crippen molar-refractivity contribution in [3.05, 3.63) is 59.7 Å². The smallest absolute Gasteiger partial charge is 0.343 e. The normalized spacial score (nSPS) is 19.1. The molecule has 33 heavy (non-hydrogen) atoms. The van der Waals surface area contributed by atoms with Gasteiger partial charge in [-0.15, -0.1) is 0 Å². The minimum absolute atomic E-state index is 0.335. The van der Waals surface area contributed by atoms with Crippen LogP contribution in [-0.2, 0) is 6.42 Å². The van der Waals surface area contributed by atoms with Gasteiger partial charge in [0.1, 0.15) is 11.5 Å². The van der Waals surface area contributed by atoms with Crippen molar-refractivity contribution in [1.82, 2.24) is 0 Å². The van der Waals surface area contributed by atoms with Gasteiger partial charge in [0.2, 0.25) is 0 Å². The molecule has 0 spiro atoms. The van der Waals surface area contributed by atoms with Crippen LogP contribution in [0.5, 0.6) is 11.5 Å².